The minimum Gasteiger partial charge on any atom is -0.493 e. The summed E-state index contributed by atoms with van der Waals surface area (Å²) in [6.07, 6.45) is 5.77. The van der Waals surface area contributed by atoms with E-state index in [0.29, 0.717) is 148 Å². The number of alkyl halides is 1. The molecule has 6 aromatic carbocycles. The number of nitriles is 2. The van der Waals surface area contributed by atoms with Gasteiger partial charge in [0, 0.05) is 64.6 Å². The first kappa shape index (κ1) is 64.8. The van der Waals surface area contributed by atoms with Crippen LogP contribution in [0.2, 0.25) is 0 Å². The highest BCUT2D eigenvalue weighted by Gasteiger charge is 2.27. The lowest BCUT2D eigenvalue weighted by Gasteiger charge is -2.16. The summed E-state index contributed by atoms with van der Waals surface area (Å²) in [6.45, 7) is 1.53. The molecule has 2 aliphatic rings. The van der Waals surface area contributed by atoms with Crippen LogP contribution in [-0.4, -0.2) is 116 Å². The Morgan fingerprint density at radius 1 is 0.570 bits per heavy atom. The Bertz CT molecular complexity index is 3910. The number of nitrogens with zero attached hydrogens (tertiary/aromatic N) is 4. The number of ether oxygens (including phenoxy) is 8. The number of aromatic nitrogens is 2. The zero-order valence-corrected chi connectivity index (χ0v) is 49.7. The highest BCUT2D eigenvalue weighted by atomic mass is 35.5. The smallest absolute Gasteiger partial charge is 0.169 e. The van der Waals surface area contributed by atoms with Gasteiger partial charge in [-0.25, -0.2) is 16.8 Å². The molecular weight excluding hydrogens is 1160 g/mol. The number of hydrogen-bond donors (Lipinski definition) is 4. The summed E-state index contributed by atoms with van der Waals surface area (Å²) in [4.78, 5) is 8.92. The molecule has 5 N–H and O–H groups in total. The summed E-state index contributed by atoms with van der Waals surface area (Å²) < 4.78 is 90.0. The SMILES string of the molecule is C.COc1cc2c(Nc3ccc(Oc4ccccc4OC)cc3)c(C#N)cnc2cc1OCCCCl.COc1cc2c(Nc3ccc(Oc4ccccc4OC)cc3)c(C#N)cnc2cc1OCCCNC1CCS(=O)(=O)C1.NC1CCS(=O)(=O)C1. The number of anilines is 4. The molecule has 0 amide bonds. The maximum atomic E-state index is 11.6. The van der Waals surface area contributed by atoms with Crippen LogP contribution in [0.5, 0.6) is 57.5 Å². The number of benzene rings is 6. The second kappa shape index (κ2) is 30.9. The number of hydrogen-bond acceptors (Lipinski definition) is 20. The van der Waals surface area contributed by atoms with Gasteiger partial charge in [0.25, 0.3) is 0 Å². The maximum Gasteiger partial charge on any atom is 0.169 e. The first-order valence-corrected chi connectivity index (χ1v) is 31.2. The van der Waals surface area contributed by atoms with Crippen LogP contribution in [0.4, 0.5) is 22.7 Å². The van der Waals surface area contributed by atoms with Crippen molar-refractivity contribution in [2.24, 2.45) is 5.73 Å². The van der Waals surface area contributed by atoms with E-state index in [9.17, 15) is 27.4 Å². The number of methoxy groups -OCH3 is 4. The fourth-order valence-corrected chi connectivity index (χ4v) is 12.6. The van der Waals surface area contributed by atoms with Gasteiger partial charge in [-0.15, -0.1) is 11.6 Å². The zero-order valence-electron chi connectivity index (χ0n) is 47.3. The second-order valence-corrected chi connectivity index (χ2v) is 24.3. The third kappa shape index (κ3) is 17.4. The highest BCUT2D eigenvalue weighted by molar-refractivity contribution is 7.91. The predicted octanol–water partition coefficient (Wildman–Crippen LogP) is 11.6. The van der Waals surface area contributed by atoms with Gasteiger partial charge < -0.3 is 59.6 Å². The molecule has 0 bridgehead atoms. The van der Waals surface area contributed by atoms with Crippen LogP contribution in [0.1, 0.15) is 44.2 Å². The van der Waals surface area contributed by atoms with Crippen LogP contribution in [0.3, 0.4) is 0 Å². The summed E-state index contributed by atoms with van der Waals surface area (Å²) in [7, 11) is 0.704. The van der Waals surface area contributed by atoms with Gasteiger partial charge in [-0.05, 0) is 117 Å². The number of nitrogens with one attached hydrogen (secondary N) is 3. The highest BCUT2D eigenvalue weighted by Crippen LogP contribution is 2.40. The quantitative estimate of drug-likeness (QED) is 0.0362. The standard InChI is InChI=1S/C31H32N4O6S.C27H24ClN3O4.C4H9NO2S.CH4/c1-38-27-6-3-4-7-28(27)41-24-10-8-22(9-11-24)35-31-21(18-32)19-34-26-17-30(29(39-2)16-25(26)31)40-14-5-13-33-23-12-15-42(36,37)20-23;1-32-23-6-3-4-7-24(23)35-20-10-8-19(9-11-20)31-27-18(16-29)17-30-22-15-26(34-13-5-12-28)25(33-2)14-21(22)27;5-4-1-2-8(6,7)3-4;/h3-4,6-11,16-17,19,23,33H,5,12-15,20H2,1-2H3,(H,34,35);3-4,6-11,14-15,17H,5,12-13H2,1-2H3,(H,30,31);4H,1-3,5H2;1H4. The molecule has 2 atom stereocenters. The molecule has 2 unspecified atom stereocenters. The van der Waals surface area contributed by atoms with Gasteiger partial charge in [-0.1, -0.05) is 31.7 Å². The molecule has 0 radical (unpaired) electrons. The van der Waals surface area contributed by atoms with Gasteiger partial charge >= 0.3 is 0 Å². The Morgan fingerprint density at radius 2 is 1.00 bits per heavy atom. The number of rotatable bonds is 22. The Kier molecular flexibility index (Phi) is 23.3. The predicted molar refractivity (Wildman–Crippen MR) is 336 cm³/mol. The summed E-state index contributed by atoms with van der Waals surface area (Å²) in [5, 5.41) is 31.0. The number of pyridine rings is 2. The van der Waals surface area contributed by atoms with Crippen LogP contribution in [0.25, 0.3) is 21.8 Å². The van der Waals surface area contributed by atoms with Crippen molar-refractivity contribution in [2.75, 3.05) is 87.7 Å². The number of nitrogens with two attached hydrogens (primary N) is 1. The molecule has 0 spiro atoms. The van der Waals surface area contributed by atoms with E-state index in [1.54, 1.807) is 46.8 Å². The first-order chi connectivity index (χ1) is 41.1. The van der Waals surface area contributed by atoms with Crippen molar-refractivity contribution >= 4 is 75.8 Å². The third-order valence-corrected chi connectivity index (χ3v) is 17.3. The van der Waals surface area contributed by atoms with Gasteiger partial charge in [0.15, 0.2) is 65.7 Å². The lowest BCUT2D eigenvalue weighted by Crippen LogP contribution is -2.31. The van der Waals surface area contributed by atoms with E-state index < -0.39 is 19.7 Å². The van der Waals surface area contributed by atoms with Crippen molar-refractivity contribution in [3.63, 3.8) is 0 Å². The summed E-state index contributed by atoms with van der Waals surface area (Å²) in [6, 6.07) is 41.2. The molecule has 452 valence electrons. The normalized spacial score (nSPS) is 15.2. The molecule has 20 nitrogen and oxygen atoms in total. The Morgan fingerprint density at radius 3 is 1.37 bits per heavy atom. The van der Waals surface area contributed by atoms with E-state index in [0.717, 1.165) is 16.8 Å². The zero-order chi connectivity index (χ0) is 60.3. The summed E-state index contributed by atoms with van der Waals surface area (Å²) in [5.41, 5.74) is 10.2. The van der Waals surface area contributed by atoms with E-state index in [4.69, 9.17) is 55.2 Å². The fourth-order valence-electron chi connectivity index (χ4n) is 9.12. The van der Waals surface area contributed by atoms with Crippen molar-refractivity contribution in [1.82, 2.24) is 15.3 Å². The van der Waals surface area contributed by atoms with Gasteiger partial charge in [0.2, 0.25) is 0 Å². The Hall–Kier alpha value is -8.77. The van der Waals surface area contributed by atoms with Crippen LogP contribution >= 0.6 is 11.6 Å². The van der Waals surface area contributed by atoms with Crippen molar-refractivity contribution in [3.05, 3.63) is 145 Å². The fraction of sp³-hybridized carbons (Fsp3) is 0.302. The van der Waals surface area contributed by atoms with Crippen molar-refractivity contribution in [3.8, 4) is 69.6 Å². The average Bonchev–Trinajstić information content (AvgIpc) is 2.15. The lowest BCUT2D eigenvalue weighted by atomic mass is 10.1. The van der Waals surface area contributed by atoms with Crippen LogP contribution in [-0.2, 0) is 19.7 Å². The molecule has 86 heavy (non-hydrogen) atoms. The molecule has 10 rings (SSSR count). The van der Waals surface area contributed by atoms with Gasteiger partial charge in [0.1, 0.15) is 23.6 Å². The van der Waals surface area contributed by atoms with Crippen molar-refractivity contribution < 1.29 is 54.7 Å². The molecular formula is C63H69ClN8O12S2. The Balaban J connectivity index is 0.000000218. The van der Waals surface area contributed by atoms with Crippen LogP contribution in [0.15, 0.2) is 134 Å². The van der Waals surface area contributed by atoms with E-state index >= 15 is 0 Å². The maximum absolute atomic E-state index is 11.6. The first-order valence-electron chi connectivity index (χ1n) is 27.0. The number of fused-ring (bicyclic) bond motifs is 2. The molecule has 2 aromatic heterocycles. The molecule has 0 aliphatic carbocycles. The topological polar surface area (TPSA) is 278 Å². The van der Waals surface area contributed by atoms with E-state index in [1.807, 2.05) is 109 Å². The van der Waals surface area contributed by atoms with Gasteiger partial charge in [-0.2, -0.15) is 10.5 Å². The second-order valence-electron chi connectivity index (χ2n) is 19.5. The van der Waals surface area contributed by atoms with Crippen molar-refractivity contribution in [1.29, 1.82) is 10.5 Å². The summed E-state index contributed by atoms with van der Waals surface area (Å²) >= 11 is 5.76. The molecule has 0 saturated carbocycles. The van der Waals surface area contributed by atoms with Crippen LogP contribution in [0, 0.1) is 22.7 Å². The molecule has 2 saturated heterocycles. The molecule has 2 aliphatic heterocycles. The number of sulfone groups is 2. The molecule has 2 fully saturated rings. The lowest BCUT2D eigenvalue weighted by molar-refractivity contribution is 0.286. The molecule has 23 heteroatoms. The van der Waals surface area contributed by atoms with Crippen molar-refractivity contribution in [2.45, 2.75) is 45.2 Å². The average molecular weight is 1230 g/mol. The minimum atomic E-state index is -2.91. The molecule has 4 heterocycles. The monoisotopic (exact) mass is 1230 g/mol. The number of halogens is 1. The van der Waals surface area contributed by atoms with E-state index in [1.165, 1.54) is 6.20 Å². The number of para-hydroxylation sites is 4. The molecule has 8 aromatic rings. The van der Waals surface area contributed by atoms with Gasteiger partial charge in [0.05, 0.1) is 98.2 Å². The Labute approximate surface area is 506 Å². The minimum absolute atomic E-state index is 0. The van der Waals surface area contributed by atoms with E-state index in [-0.39, 0.29) is 42.5 Å². The van der Waals surface area contributed by atoms with Crippen LogP contribution < -0.4 is 59.6 Å². The largest absolute Gasteiger partial charge is 0.493 e. The third-order valence-electron chi connectivity index (χ3n) is 13.4. The summed E-state index contributed by atoms with van der Waals surface area (Å²) in [5.74, 6) is 7.41. The van der Waals surface area contributed by atoms with E-state index in [2.05, 4.69) is 38.1 Å². The van der Waals surface area contributed by atoms with Gasteiger partial charge in [-0.3, -0.25) is 9.97 Å².